The van der Waals surface area contributed by atoms with Gasteiger partial charge in [0, 0.05) is 19.6 Å². The van der Waals surface area contributed by atoms with E-state index in [4.69, 9.17) is 5.73 Å². The fourth-order valence-electron chi connectivity index (χ4n) is 2.30. The first kappa shape index (κ1) is 15.7. The van der Waals surface area contributed by atoms with Gasteiger partial charge in [-0.3, -0.25) is 4.79 Å². The van der Waals surface area contributed by atoms with Crippen LogP contribution in [0.1, 0.15) is 38.3 Å². The predicted molar refractivity (Wildman–Crippen MR) is 79.7 cm³/mol. The van der Waals surface area contributed by atoms with E-state index >= 15 is 0 Å². The average molecular weight is 262 g/mol. The SMILES string of the molecule is CC(C)CC(C)N(C)C(=O)Cc1ccccc1CN. The Hall–Kier alpha value is -1.35. The highest BCUT2D eigenvalue weighted by atomic mass is 16.2. The lowest BCUT2D eigenvalue weighted by molar-refractivity contribution is -0.131. The van der Waals surface area contributed by atoms with E-state index in [0.717, 1.165) is 17.5 Å². The molecular weight excluding hydrogens is 236 g/mol. The van der Waals surface area contributed by atoms with Crippen LogP contribution in [0.4, 0.5) is 0 Å². The van der Waals surface area contributed by atoms with Crippen molar-refractivity contribution in [3.63, 3.8) is 0 Å². The molecule has 0 bridgehead atoms. The summed E-state index contributed by atoms with van der Waals surface area (Å²) in [7, 11) is 1.89. The molecule has 0 fully saturated rings. The van der Waals surface area contributed by atoms with E-state index in [1.165, 1.54) is 0 Å². The maximum absolute atomic E-state index is 12.3. The van der Waals surface area contributed by atoms with Gasteiger partial charge in [-0.05, 0) is 30.4 Å². The van der Waals surface area contributed by atoms with Crippen LogP contribution in [0.2, 0.25) is 0 Å². The minimum atomic E-state index is 0.161. The van der Waals surface area contributed by atoms with Gasteiger partial charge >= 0.3 is 0 Å². The van der Waals surface area contributed by atoms with Crippen molar-refractivity contribution in [3.05, 3.63) is 35.4 Å². The third kappa shape index (κ3) is 4.67. The molecule has 0 aliphatic heterocycles. The smallest absolute Gasteiger partial charge is 0.226 e. The number of nitrogens with two attached hydrogens (primary N) is 1. The Balaban J connectivity index is 2.68. The lowest BCUT2D eigenvalue weighted by Gasteiger charge is -2.26. The van der Waals surface area contributed by atoms with Crippen molar-refractivity contribution in [2.45, 2.75) is 46.2 Å². The molecule has 2 N–H and O–H groups in total. The Morgan fingerprint density at radius 3 is 2.32 bits per heavy atom. The van der Waals surface area contributed by atoms with E-state index in [1.54, 1.807) is 0 Å². The number of carbonyl (C=O) groups is 1. The van der Waals surface area contributed by atoms with Crippen molar-refractivity contribution in [3.8, 4) is 0 Å². The Morgan fingerprint density at radius 2 is 1.79 bits per heavy atom. The van der Waals surface area contributed by atoms with E-state index in [0.29, 0.717) is 18.9 Å². The maximum atomic E-state index is 12.3. The van der Waals surface area contributed by atoms with Gasteiger partial charge in [-0.2, -0.15) is 0 Å². The molecule has 1 unspecified atom stereocenters. The molecule has 0 saturated carbocycles. The molecule has 1 aromatic carbocycles. The summed E-state index contributed by atoms with van der Waals surface area (Å²) in [6, 6.07) is 8.17. The molecule has 1 rings (SSSR count). The lowest BCUT2D eigenvalue weighted by Crippen LogP contribution is -2.37. The first-order chi connectivity index (χ1) is 8.95. The number of nitrogens with zero attached hydrogens (tertiary/aromatic N) is 1. The Morgan fingerprint density at radius 1 is 1.21 bits per heavy atom. The lowest BCUT2D eigenvalue weighted by atomic mass is 10.0. The number of benzene rings is 1. The Labute approximate surface area is 116 Å². The molecule has 0 aromatic heterocycles. The molecule has 0 heterocycles. The third-order valence-electron chi connectivity index (χ3n) is 3.55. The van der Waals surface area contributed by atoms with Gasteiger partial charge in [-0.15, -0.1) is 0 Å². The molecule has 3 nitrogen and oxygen atoms in total. The second-order valence-electron chi connectivity index (χ2n) is 5.63. The van der Waals surface area contributed by atoms with Crippen LogP contribution in [-0.4, -0.2) is 23.9 Å². The summed E-state index contributed by atoms with van der Waals surface area (Å²) in [5.74, 6) is 0.760. The predicted octanol–water partition coefficient (Wildman–Crippen LogP) is 2.58. The molecule has 106 valence electrons. The Bertz CT molecular complexity index is 415. The van der Waals surface area contributed by atoms with Crippen molar-refractivity contribution >= 4 is 5.91 Å². The first-order valence-electron chi connectivity index (χ1n) is 6.98. The molecule has 1 aromatic rings. The third-order valence-corrected chi connectivity index (χ3v) is 3.55. The topological polar surface area (TPSA) is 46.3 Å². The van der Waals surface area contributed by atoms with Crippen LogP contribution in [0, 0.1) is 5.92 Å². The largest absolute Gasteiger partial charge is 0.343 e. The number of rotatable bonds is 6. The monoisotopic (exact) mass is 262 g/mol. The van der Waals surface area contributed by atoms with Crippen LogP contribution in [0.5, 0.6) is 0 Å². The summed E-state index contributed by atoms with van der Waals surface area (Å²) < 4.78 is 0. The van der Waals surface area contributed by atoms with Gasteiger partial charge < -0.3 is 10.6 Å². The molecular formula is C16H26N2O. The van der Waals surface area contributed by atoms with E-state index in [9.17, 15) is 4.79 Å². The minimum absolute atomic E-state index is 0.161. The van der Waals surface area contributed by atoms with Gasteiger partial charge in [0.05, 0.1) is 6.42 Å². The van der Waals surface area contributed by atoms with Crippen LogP contribution >= 0.6 is 0 Å². The number of amides is 1. The van der Waals surface area contributed by atoms with Crippen molar-refractivity contribution in [2.24, 2.45) is 11.7 Å². The molecule has 1 atom stereocenters. The van der Waals surface area contributed by atoms with Gasteiger partial charge in [0.15, 0.2) is 0 Å². The highest BCUT2D eigenvalue weighted by Gasteiger charge is 2.17. The Kier molecular flexibility index (Phi) is 6.03. The van der Waals surface area contributed by atoms with Crippen LogP contribution in [0.15, 0.2) is 24.3 Å². The van der Waals surface area contributed by atoms with E-state index < -0.39 is 0 Å². The second-order valence-corrected chi connectivity index (χ2v) is 5.63. The van der Waals surface area contributed by atoms with Crippen molar-refractivity contribution in [1.29, 1.82) is 0 Å². The van der Waals surface area contributed by atoms with E-state index in [1.807, 2.05) is 36.2 Å². The molecule has 0 saturated heterocycles. The summed E-state index contributed by atoms with van der Waals surface area (Å²) in [6.45, 7) is 6.94. The van der Waals surface area contributed by atoms with Gasteiger partial charge in [0.2, 0.25) is 5.91 Å². The van der Waals surface area contributed by atoms with Gasteiger partial charge in [-0.25, -0.2) is 0 Å². The highest BCUT2D eigenvalue weighted by Crippen LogP contribution is 2.13. The minimum Gasteiger partial charge on any atom is -0.343 e. The highest BCUT2D eigenvalue weighted by molar-refractivity contribution is 5.79. The summed E-state index contributed by atoms with van der Waals surface area (Å²) in [4.78, 5) is 14.1. The van der Waals surface area contributed by atoms with E-state index in [2.05, 4.69) is 20.8 Å². The number of hydrogen-bond acceptors (Lipinski definition) is 2. The zero-order chi connectivity index (χ0) is 14.4. The standard InChI is InChI=1S/C16H26N2O/c1-12(2)9-13(3)18(4)16(19)10-14-7-5-6-8-15(14)11-17/h5-8,12-13H,9-11,17H2,1-4H3. The van der Waals surface area contributed by atoms with Gasteiger partial charge in [0.1, 0.15) is 0 Å². The number of carbonyl (C=O) groups excluding carboxylic acids is 1. The quantitative estimate of drug-likeness (QED) is 0.856. The van der Waals surface area contributed by atoms with Crippen molar-refractivity contribution in [2.75, 3.05) is 7.05 Å². The average Bonchev–Trinajstić information content (AvgIpc) is 2.37. The molecule has 0 radical (unpaired) electrons. The number of hydrogen-bond donors (Lipinski definition) is 1. The summed E-state index contributed by atoms with van der Waals surface area (Å²) in [5, 5.41) is 0. The summed E-state index contributed by atoms with van der Waals surface area (Å²) in [5.41, 5.74) is 7.80. The molecule has 0 aliphatic rings. The van der Waals surface area contributed by atoms with Crippen molar-refractivity contribution < 1.29 is 4.79 Å². The molecule has 3 heteroatoms. The fourth-order valence-corrected chi connectivity index (χ4v) is 2.30. The summed E-state index contributed by atoms with van der Waals surface area (Å²) in [6.07, 6.45) is 1.47. The van der Waals surface area contributed by atoms with E-state index in [-0.39, 0.29) is 11.9 Å². The maximum Gasteiger partial charge on any atom is 0.226 e. The van der Waals surface area contributed by atoms with Crippen LogP contribution in [-0.2, 0) is 17.8 Å². The normalized spacial score (nSPS) is 12.5. The first-order valence-corrected chi connectivity index (χ1v) is 6.98. The van der Waals surface area contributed by atoms with Crippen LogP contribution < -0.4 is 5.73 Å². The molecule has 1 amide bonds. The number of likely N-dealkylation sites (N-methyl/N-ethyl adjacent to an activating group) is 1. The van der Waals surface area contributed by atoms with Crippen molar-refractivity contribution in [1.82, 2.24) is 4.90 Å². The molecule has 0 aliphatic carbocycles. The fraction of sp³-hybridized carbons (Fsp3) is 0.562. The van der Waals surface area contributed by atoms with Crippen LogP contribution in [0.3, 0.4) is 0 Å². The van der Waals surface area contributed by atoms with Gasteiger partial charge in [-0.1, -0.05) is 38.1 Å². The second kappa shape index (κ2) is 7.29. The van der Waals surface area contributed by atoms with Gasteiger partial charge in [0.25, 0.3) is 0 Å². The molecule has 0 spiro atoms. The zero-order valence-corrected chi connectivity index (χ0v) is 12.5. The molecule has 19 heavy (non-hydrogen) atoms. The van der Waals surface area contributed by atoms with Crippen LogP contribution in [0.25, 0.3) is 0 Å². The zero-order valence-electron chi connectivity index (χ0n) is 12.5. The summed E-state index contributed by atoms with van der Waals surface area (Å²) >= 11 is 0.